The highest BCUT2D eigenvalue weighted by molar-refractivity contribution is 5.64. The number of nitrogens with zero attached hydrogens (tertiary/aromatic N) is 2. The van der Waals surface area contributed by atoms with Gasteiger partial charge in [-0.05, 0) is 43.5 Å². The number of aromatic nitrogens is 2. The maximum atomic E-state index is 5.64. The maximum absolute atomic E-state index is 5.64. The molecule has 1 heterocycles. The topological polar surface area (TPSA) is 59.1 Å². The maximum Gasteiger partial charge on any atom is 0.224 e. The molecule has 0 saturated carbocycles. The minimum Gasteiger partial charge on any atom is -0.492 e. The quantitative estimate of drug-likeness (QED) is 0.551. The standard InChI is InChI=1S/C21H24N4O/c1-2-26-19-13-7-6-12-18(19)24-20-14-16-23-21(25-20)22-15-8-11-17-9-4-3-5-10-17/h3-7,9-10,12-14,16H,2,8,11,15H2,1H3,(H2,22,23,24,25). The third-order valence-corrected chi connectivity index (χ3v) is 3.87. The van der Waals surface area contributed by atoms with Gasteiger partial charge in [0.15, 0.2) is 0 Å². The lowest BCUT2D eigenvalue weighted by Crippen LogP contribution is -2.07. The molecule has 26 heavy (non-hydrogen) atoms. The van der Waals surface area contributed by atoms with Crippen LogP contribution in [0, 0.1) is 0 Å². The van der Waals surface area contributed by atoms with E-state index < -0.39 is 0 Å². The molecule has 134 valence electrons. The highest BCUT2D eigenvalue weighted by Gasteiger charge is 2.05. The van der Waals surface area contributed by atoms with Crippen LogP contribution in [0.2, 0.25) is 0 Å². The summed E-state index contributed by atoms with van der Waals surface area (Å²) in [4.78, 5) is 8.82. The molecule has 0 radical (unpaired) electrons. The highest BCUT2D eigenvalue weighted by Crippen LogP contribution is 2.26. The van der Waals surface area contributed by atoms with Gasteiger partial charge in [0.2, 0.25) is 5.95 Å². The SMILES string of the molecule is CCOc1ccccc1Nc1ccnc(NCCCc2ccccc2)n1. The fourth-order valence-corrected chi connectivity index (χ4v) is 2.64. The number of benzene rings is 2. The van der Waals surface area contributed by atoms with Crippen LogP contribution in [0.5, 0.6) is 5.75 Å². The number of aryl methyl sites for hydroxylation is 1. The zero-order valence-electron chi connectivity index (χ0n) is 15.0. The van der Waals surface area contributed by atoms with Crippen LogP contribution in [-0.2, 0) is 6.42 Å². The van der Waals surface area contributed by atoms with Gasteiger partial charge in [0.1, 0.15) is 11.6 Å². The summed E-state index contributed by atoms with van der Waals surface area (Å²) in [5.41, 5.74) is 2.24. The van der Waals surface area contributed by atoms with Crippen LogP contribution in [-0.4, -0.2) is 23.1 Å². The van der Waals surface area contributed by atoms with Crippen LogP contribution in [0.1, 0.15) is 18.9 Å². The average Bonchev–Trinajstić information content (AvgIpc) is 2.68. The number of hydrogen-bond donors (Lipinski definition) is 2. The summed E-state index contributed by atoms with van der Waals surface area (Å²) in [5.74, 6) is 2.17. The molecule has 0 saturated heterocycles. The Kier molecular flexibility index (Phi) is 6.42. The van der Waals surface area contributed by atoms with Gasteiger partial charge in [-0.3, -0.25) is 0 Å². The van der Waals surface area contributed by atoms with Gasteiger partial charge in [-0.15, -0.1) is 0 Å². The summed E-state index contributed by atoms with van der Waals surface area (Å²) < 4.78 is 5.64. The van der Waals surface area contributed by atoms with Crippen molar-refractivity contribution in [2.45, 2.75) is 19.8 Å². The van der Waals surface area contributed by atoms with Crippen molar-refractivity contribution in [3.8, 4) is 5.75 Å². The predicted molar refractivity (Wildman–Crippen MR) is 106 cm³/mol. The Hall–Kier alpha value is -3.08. The van der Waals surface area contributed by atoms with Crippen molar-refractivity contribution >= 4 is 17.5 Å². The first-order valence-electron chi connectivity index (χ1n) is 8.95. The van der Waals surface area contributed by atoms with E-state index in [0.717, 1.165) is 36.6 Å². The summed E-state index contributed by atoms with van der Waals surface area (Å²) in [6.45, 7) is 3.42. The number of rotatable bonds is 9. The third-order valence-electron chi connectivity index (χ3n) is 3.87. The van der Waals surface area contributed by atoms with E-state index in [2.05, 4.69) is 44.9 Å². The first kappa shape index (κ1) is 17.7. The molecule has 1 aromatic heterocycles. The summed E-state index contributed by atoms with van der Waals surface area (Å²) in [7, 11) is 0. The van der Waals surface area contributed by atoms with Gasteiger partial charge in [-0.1, -0.05) is 42.5 Å². The van der Waals surface area contributed by atoms with Crippen molar-refractivity contribution in [3.63, 3.8) is 0 Å². The second kappa shape index (κ2) is 9.42. The largest absolute Gasteiger partial charge is 0.492 e. The summed E-state index contributed by atoms with van der Waals surface area (Å²) >= 11 is 0. The van der Waals surface area contributed by atoms with Gasteiger partial charge in [0.05, 0.1) is 12.3 Å². The number of para-hydroxylation sites is 2. The Labute approximate surface area is 154 Å². The molecule has 5 heteroatoms. The summed E-state index contributed by atoms with van der Waals surface area (Å²) in [6, 6.07) is 20.2. The van der Waals surface area contributed by atoms with Crippen LogP contribution >= 0.6 is 0 Å². The minimum atomic E-state index is 0.622. The first-order valence-corrected chi connectivity index (χ1v) is 8.95. The lowest BCUT2D eigenvalue weighted by Gasteiger charge is -2.12. The normalized spacial score (nSPS) is 10.3. The Morgan fingerprint density at radius 3 is 2.62 bits per heavy atom. The van der Waals surface area contributed by atoms with Crippen LogP contribution < -0.4 is 15.4 Å². The van der Waals surface area contributed by atoms with E-state index in [1.165, 1.54) is 5.56 Å². The Bertz CT molecular complexity index is 808. The van der Waals surface area contributed by atoms with Crippen LogP contribution in [0.15, 0.2) is 66.9 Å². The molecule has 0 atom stereocenters. The van der Waals surface area contributed by atoms with E-state index in [0.29, 0.717) is 12.6 Å². The van der Waals surface area contributed by atoms with Crippen molar-refractivity contribution < 1.29 is 4.74 Å². The monoisotopic (exact) mass is 348 g/mol. The number of anilines is 3. The Balaban J connectivity index is 1.55. The van der Waals surface area contributed by atoms with E-state index in [-0.39, 0.29) is 0 Å². The highest BCUT2D eigenvalue weighted by atomic mass is 16.5. The van der Waals surface area contributed by atoms with Gasteiger partial charge in [-0.25, -0.2) is 4.98 Å². The van der Waals surface area contributed by atoms with E-state index in [1.807, 2.05) is 43.3 Å². The molecule has 5 nitrogen and oxygen atoms in total. The van der Waals surface area contributed by atoms with Crippen LogP contribution in [0.4, 0.5) is 17.5 Å². The molecule has 2 aromatic carbocycles. The molecule has 0 amide bonds. The lowest BCUT2D eigenvalue weighted by atomic mass is 10.1. The van der Waals surface area contributed by atoms with E-state index >= 15 is 0 Å². The molecule has 3 aromatic rings. The molecule has 3 rings (SSSR count). The molecule has 0 spiro atoms. The fourth-order valence-electron chi connectivity index (χ4n) is 2.64. The fraction of sp³-hybridized carbons (Fsp3) is 0.238. The van der Waals surface area contributed by atoms with Gasteiger partial charge >= 0.3 is 0 Å². The predicted octanol–water partition coefficient (Wildman–Crippen LogP) is 4.66. The number of nitrogens with one attached hydrogen (secondary N) is 2. The van der Waals surface area contributed by atoms with Crippen molar-refractivity contribution in [2.24, 2.45) is 0 Å². The third kappa shape index (κ3) is 5.21. The summed E-state index contributed by atoms with van der Waals surface area (Å²) in [6.07, 6.45) is 3.81. The van der Waals surface area contributed by atoms with Gasteiger partial charge < -0.3 is 15.4 Å². The molecule has 0 aliphatic heterocycles. The van der Waals surface area contributed by atoms with E-state index in [1.54, 1.807) is 6.20 Å². The average molecular weight is 348 g/mol. The van der Waals surface area contributed by atoms with Crippen LogP contribution in [0.3, 0.4) is 0 Å². The van der Waals surface area contributed by atoms with Gasteiger partial charge in [-0.2, -0.15) is 4.98 Å². The molecule has 0 aliphatic carbocycles. The second-order valence-electron chi connectivity index (χ2n) is 5.84. The molecular formula is C21H24N4O. The number of hydrogen-bond acceptors (Lipinski definition) is 5. The van der Waals surface area contributed by atoms with Gasteiger partial charge in [0.25, 0.3) is 0 Å². The van der Waals surface area contributed by atoms with Crippen LogP contribution in [0.25, 0.3) is 0 Å². The molecule has 0 aliphatic rings. The number of ether oxygens (including phenoxy) is 1. The van der Waals surface area contributed by atoms with Crippen molar-refractivity contribution in [3.05, 3.63) is 72.4 Å². The summed E-state index contributed by atoms with van der Waals surface area (Å²) in [5, 5.41) is 6.59. The van der Waals surface area contributed by atoms with Crippen molar-refractivity contribution in [1.29, 1.82) is 0 Å². The molecule has 0 fully saturated rings. The molecule has 0 unspecified atom stereocenters. The zero-order valence-corrected chi connectivity index (χ0v) is 15.0. The zero-order chi connectivity index (χ0) is 18.0. The molecule has 2 N–H and O–H groups in total. The van der Waals surface area contributed by atoms with Gasteiger partial charge in [0, 0.05) is 12.7 Å². The Morgan fingerprint density at radius 1 is 0.962 bits per heavy atom. The van der Waals surface area contributed by atoms with E-state index in [9.17, 15) is 0 Å². The smallest absolute Gasteiger partial charge is 0.224 e. The molecular weight excluding hydrogens is 324 g/mol. The van der Waals surface area contributed by atoms with Crippen molar-refractivity contribution in [1.82, 2.24) is 9.97 Å². The minimum absolute atomic E-state index is 0.622. The first-order chi connectivity index (χ1) is 12.8. The molecule has 0 bridgehead atoms. The Morgan fingerprint density at radius 2 is 1.77 bits per heavy atom. The lowest BCUT2D eigenvalue weighted by molar-refractivity contribution is 0.342. The van der Waals surface area contributed by atoms with E-state index in [4.69, 9.17) is 4.74 Å². The second-order valence-corrected chi connectivity index (χ2v) is 5.84. The van der Waals surface area contributed by atoms with Crippen molar-refractivity contribution in [2.75, 3.05) is 23.8 Å².